The molecule has 1 aromatic heterocycles. The van der Waals surface area contributed by atoms with Crippen molar-refractivity contribution in [2.24, 2.45) is 0 Å². The van der Waals surface area contributed by atoms with E-state index in [-0.39, 0.29) is 28.5 Å². The number of ether oxygens (including phenoxy) is 1. The van der Waals surface area contributed by atoms with Crippen LogP contribution in [0.15, 0.2) is 58.0 Å². The van der Waals surface area contributed by atoms with E-state index in [0.29, 0.717) is 34.1 Å². The fraction of sp³-hybridized carbons (Fsp3) is 0.130. The highest BCUT2D eigenvalue weighted by molar-refractivity contribution is 9.10. The number of Topliss-reactive ketones (excluding diaryl/α,β-unsaturated/α-hetero) is 1. The first-order chi connectivity index (χ1) is 15.0. The molecule has 0 aliphatic rings. The normalized spacial score (nSPS) is 10.2. The summed E-state index contributed by atoms with van der Waals surface area (Å²) in [5, 5.41) is 19.8. The number of halogens is 1. The third-order valence-electron chi connectivity index (χ3n) is 4.38. The number of nitrogens with zero attached hydrogens (tertiary/aromatic N) is 3. The van der Waals surface area contributed by atoms with Crippen molar-refractivity contribution in [1.82, 2.24) is 4.98 Å². The van der Waals surface area contributed by atoms with E-state index < -0.39 is 0 Å². The predicted octanol–water partition coefficient (Wildman–Crippen LogP) is 5.21. The van der Waals surface area contributed by atoms with Crippen LogP contribution >= 0.6 is 27.7 Å². The van der Waals surface area contributed by atoms with E-state index in [1.165, 1.54) is 0 Å². The molecule has 8 heteroatoms. The number of nitriles is 2. The van der Waals surface area contributed by atoms with Gasteiger partial charge in [-0.15, -0.1) is 0 Å². The van der Waals surface area contributed by atoms with E-state index in [0.717, 1.165) is 16.2 Å². The summed E-state index contributed by atoms with van der Waals surface area (Å²) in [5.41, 5.74) is 7.98. The van der Waals surface area contributed by atoms with Gasteiger partial charge in [0.05, 0.1) is 17.9 Å². The molecule has 3 rings (SSSR count). The van der Waals surface area contributed by atoms with Crippen molar-refractivity contribution in [3.63, 3.8) is 0 Å². The number of carbonyl (C=O) groups excluding carboxylic acids is 1. The van der Waals surface area contributed by atoms with Crippen molar-refractivity contribution in [3.05, 3.63) is 69.7 Å². The number of rotatable bonds is 7. The van der Waals surface area contributed by atoms with E-state index in [9.17, 15) is 15.3 Å². The lowest BCUT2D eigenvalue weighted by Crippen LogP contribution is -2.06. The van der Waals surface area contributed by atoms with Crippen LogP contribution in [0, 0.1) is 22.7 Å². The number of nitrogen functional groups attached to an aromatic ring is 1. The van der Waals surface area contributed by atoms with Crippen LogP contribution in [0.4, 0.5) is 5.82 Å². The van der Waals surface area contributed by atoms with Crippen molar-refractivity contribution >= 4 is 39.3 Å². The summed E-state index contributed by atoms with van der Waals surface area (Å²) < 4.78 is 6.34. The number of hydrogen-bond acceptors (Lipinski definition) is 7. The molecule has 0 fully saturated rings. The fourth-order valence-corrected chi connectivity index (χ4v) is 4.08. The van der Waals surface area contributed by atoms with Gasteiger partial charge in [-0.25, -0.2) is 4.98 Å². The van der Waals surface area contributed by atoms with E-state index >= 15 is 0 Å². The average molecular weight is 493 g/mol. The molecule has 2 N–H and O–H groups in total. The van der Waals surface area contributed by atoms with Gasteiger partial charge in [0, 0.05) is 15.6 Å². The maximum atomic E-state index is 12.5. The molecule has 0 radical (unpaired) electrons. The summed E-state index contributed by atoms with van der Waals surface area (Å²) in [6, 6.07) is 18.3. The summed E-state index contributed by atoms with van der Waals surface area (Å²) in [6.45, 7) is 2.42. The number of pyridine rings is 1. The van der Waals surface area contributed by atoms with Gasteiger partial charge in [0.2, 0.25) is 0 Å². The summed E-state index contributed by atoms with van der Waals surface area (Å²) in [5.74, 6) is 0.676. The summed E-state index contributed by atoms with van der Waals surface area (Å²) in [7, 11) is 0. The van der Waals surface area contributed by atoms with Crippen LogP contribution < -0.4 is 10.5 Å². The van der Waals surface area contributed by atoms with Crippen molar-refractivity contribution in [1.29, 1.82) is 10.5 Å². The Morgan fingerprint density at radius 2 is 1.74 bits per heavy atom. The Hall–Kier alpha value is -3.33. The molecular weight excluding hydrogens is 476 g/mol. The number of ketones is 1. The molecule has 0 saturated heterocycles. The molecule has 0 amide bonds. The number of benzene rings is 2. The topological polar surface area (TPSA) is 113 Å². The molecule has 0 bridgehead atoms. The Bertz CT molecular complexity index is 1200. The minimum atomic E-state index is -0.103. The molecule has 0 saturated carbocycles. The standard InChI is InChI=1S/C23H17BrN4O2S/c1-2-30-17-9-5-15(6-10-17)21-18(11-25)22(27)28-23(19(21)12-26)31-13-20(29)14-3-7-16(24)8-4-14/h3-10H,2,13H2,1H3,(H2,27,28). The summed E-state index contributed by atoms with van der Waals surface area (Å²) >= 11 is 4.47. The lowest BCUT2D eigenvalue weighted by Gasteiger charge is -2.13. The van der Waals surface area contributed by atoms with Gasteiger partial charge in [0.25, 0.3) is 0 Å². The molecule has 6 nitrogen and oxygen atoms in total. The van der Waals surface area contributed by atoms with Crippen LogP contribution in [-0.2, 0) is 0 Å². The Morgan fingerprint density at radius 1 is 1.10 bits per heavy atom. The maximum Gasteiger partial charge on any atom is 0.173 e. The van der Waals surface area contributed by atoms with Gasteiger partial charge in [-0.2, -0.15) is 10.5 Å². The average Bonchev–Trinajstić information content (AvgIpc) is 2.78. The van der Waals surface area contributed by atoms with Gasteiger partial charge >= 0.3 is 0 Å². The molecule has 0 atom stereocenters. The Morgan fingerprint density at radius 3 is 2.32 bits per heavy atom. The molecule has 1 heterocycles. The molecule has 31 heavy (non-hydrogen) atoms. The highest BCUT2D eigenvalue weighted by atomic mass is 79.9. The number of hydrogen-bond donors (Lipinski definition) is 1. The van der Waals surface area contributed by atoms with Crippen molar-refractivity contribution in [2.75, 3.05) is 18.1 Å². The predicted molar refractivity (Wildman–Crippen MR) is 124 cm³/mol. The number of anilines is 1. The van der Waals surface area contributed by atoms with Crippen LogP contribution in [-0.4, -0.2) is 23.1 Å². The molecule has 0 spiro atoms. The molecular formula is C23H17BrN4O2S. The highest BCUT2D eigenvalue weighted by Crippen LogP contribution is 2.36. The Kier molecular flexibility index (Phi) is 7.30. The van der Waals surface area contributed by atoms with E-state index in [2.05, 4.69) is 27.0 Å². The Balaban J connectivity index is 1.98. The van der Waals surface area contributed by atoms with E-state index in [4.69, 9.17) is 10.5 Å². The van der Waals surface area contributed by atoms with Crippen LogP contribution in [0.3, 0.4) is 0 Å². The van der Waals surface area contributed by atoms with Crippen LogP contribution in [0.5, 0.6) is 5.75 Å². The third kappa shape index (κ3) is 5.05. The minimum absolute atomic E-state index is 0.0176. The zero-order valence-corrected chi connectivity index (χ0v) is 19.0. The summed E-state index contributed by atoms with van der Waals surface area (Å²) in [4.78, 5) is 16.8. The molecule has 0 aliphatic carbocycles. The number of nitrogens with two attached hydrogens (primary N) is 1. The van der Waals surface area contributed by atoms with Gasteiger partial charge in [-0.3, -0.25) is 4.79 Å². The van der Waals surface area contributed by atoms with Gasteiger partial charge in [-0.05, 0) is 36.8 Å². The zero-order valence-electron chi connectivity index (χ0n) is 16.6. The lowest BCUT2D eigenvalue weighted by molar-refractivity contribution is 0.102. The van der Waals surface area contributed by atoms with E-state index in [1.54, 1.807) is 48.5 Å². The van der Waals surface area contributed by atoms with Crippen LogP contribution in [0.25, 0.3) is 11.1 Å². The van der Waals surface area contributed by atoms with E-state index in [1.807, 2.05) is 13.0 Å². The first-order valence-corrected chi connectivity index (χ1v) is 11.0. The number of thioether (sulfide) groups is 1. The van der Waals surface area contributed by atoms with Crippen molar-refractivity contribution in [3.8, 4) is 29.0 Å². The molecule has 0 unspecified atom stereocenters. The lowest BCUT2D eigenvalue weighted by atomic mass is 9.97. The monoisotopic (exact) mass is 492 g/mol. The maximum absolute atomic E-state index is 12.5. The smallest absolute Gasteiger partial charge is 0.173 e. The minimum Gasteiger partial charge on any atom is -0.494 e. The third-order valence-corrected chi connectivity index (χ3v) is 5.88. The first kappa shape index (κ1) is 22.4. The largest absolute Gasteiger partial charge is 0.494 e. The van der Waals surface area contributed by atoms with Gasteiger partial charge in [-0.1, -0.05) is 52.0 Å². The molecule has 3 aromatic rings. The van der Waals surface area contributed by atoms with Gasteiger partial charge in [0.15, 0.2) is 5.78 Å². The molecule has 154 valence electrons. The number of carbonyl (C=O) groups is 1. The Labute approximate surface area is 192 Å². The number of aromatic nitrogens is 1. The second-order valence-electron chi connectivity index (χ2n) is 6.33. The van der Waals surface area contributed by atoms with Crippen LogP contribution in [0.2, 0.25) is 0 Å². The molecule has 0 aliphatic heterocycles. The van der Waals surface area contributed by atoms with Gasteiger partial charge in [0.1, 0.15) is 34.3 Å². The second-order valence-corrected chi connectivity index (χ2v) is 8.21. The van der Waals surface area contributed by atoms with Crippen LogP contribution in [0.1, 0.15) is 28.4 Å². The SMILES string of the molecule is CCOc1ccc(-c2c(C#N)c(N)nc(SCC(=O)c3ccc(Br)cc3)c2C#N)cc1. The first-order valence-electron chi connectivity index (χ1n) is 9.27. The van der Waals surface area contributed by atoms with Crippen molar-refractivity contribution < 1.29 is 9.53 Å². The van der Waals surface area contributed by atoms with Crippen molar-refractivity contribution in [2.45, 2.75) is 11.9 Å². The highest BCUT2D eigenvalue weighted by Gasteiger charge is 2.21. The summed E-state index contributed by atoms with van der Waals surface area (Å²) in [6.07, 6.45) is 0. The van der Waals surface area contributed by atoms with Gasteiger partial charge < -0.3 is 10.5 Å². The quantitative estimate of drug-likeness (QED) is 0.355. The fourth-order valence-electron chi connectivity index (χ4n) is 2.93. The second kappa shape index (κ2) is 10.1. The zero-order chi connectivity index (χ0) is 22.4. The molecule has 2 aromatic carbocycles.